The fourth-order valence-corrected chi connectivity index (χ4v) is 2.36. The van der Waals surface area contributed by atoms with Crippen molar-refractivity contribution in [3.8, 4) is 5.75 Å². The summed E-state index contributed by atoms with van der Waals surface area (Å²) in [6, 6.07) is 6.10. The third-order valence-corrected chi connectivity index (χ3v) is 3.57. The quantitative estimate of drug-likeness (QED) is 0.796. The Balaban J connectivity index is 2.69. The Morgan fingerprint density at radius 2 is 2.05 bits per heavy atom. The van der Waals surface area contributed by atoms with E-state index in [4.69, 9.17) is 4.74 Å². The molecule has 108 valence electrons. The van der Waals surface area contributed by atoms with Gasteiger partial charge < -0.3 is 15.2 Å². The molecule has 0 saturated carbocycles. The molecule has 3 nitrogen and oxygen atoms in total. The van der Waals surface area contributed by atoms with Crippen molar-refractivity contribution < 1.29 is 9.84 Å². The summed E-state index contributed by atoms with van der Waals surface area (Å²) < 4.78 is 6.02. The van der Waals surface area contributed by atoms with E-state index in [2.05, 4.69) is 25.2 Å². The van der Waals surface area contributed by atoms with Crippen LogP contribution in [0.5, 0.6) is 5.75 Å². The van der Waals surface area contributed by atoms with Crippen LogP contribution in [-0.4, -0.2) is 29.9 Å². The highest BCUT2D eigenvalue weighted by atomic mass is 16.5. The van der Waals surface area contributed by atoms with Crippen LogP contribution < -0.4 is 10.1 Å². The zero-order valence-corrected chi connectivity index (χ0v) is 12.8. The number of ether oxygens (including phenoxy) is 1. The Kier molecular flexibility index (Phi) is 5.83. The van der Waals surface area contributed by atoms with Gasteiger partial charge in [-0.3, -0.25) is 0 Å². The first-order valence-corrected chi connectivity index (χ1v) is 7.00. The predicted octanol–water partition coefficient (Wildman–Crippen LogP) is 2.82. The number of hydrogen-bond acceptors (Lipinski definition) is 3. The average molecular weight is 265 g/mol. The van der Waals surface area contributed by atoms with E-state index in [1.807, 2.05) is 32.9 Å². The summed E-state index contributed by atoms with van der Waals surface area (Å²) in [7, 11) is 0. The Labute approximate surface area is 117 Å². The van der Waals surface area contributed by atoms with E-state index < -0.39 is 0 Å². The lowest BCUT2D eigenvalue weighted by molar-refractivity contribution is 0.111. The molecule has 2 atom stereocenters. The highest BCUT2D eigenvalue weighted by Crippen LogP contribution is 2.24. The SMILES string of the molecule is CCNC(C)(CO)CC(C)Oc1cccc(C)c1C. The standard InChI is InChI=1S/C16H27NO2/c1-6-17-16(5,11-18)10-13(3)19-15-9-7-8-12(2)14(15)4/h7-9,13,17-18H,6,10-11H2,1-5H3. The molecule has 0 spiro atoms. The zero-order chi connectivity index (χ0) is 14.5. The summed E-state index contributed by atoms with van der Waals surface area (Å²) in [5, 5.41) is 12.8. The van der Waals surface area contributed by atoms with Crippen LogP contribution in [0.3, 0.4) is 0 Å². The van der Waals surface area contributed by atoms with Gasteiger partial charge in [-0.15, -0.1) is 0 Å². The number of aryl methyl sites for hydroxylation is 1. The number of benzene rings is 1. The molecule has 1 rings (SSSR count). The van der Waals surface area contributed by atoms with Crippen LogP contribution in [0.1, 0.15) is 38.3 Å². The zero-order valence-electron chi connectivity index (χ0n) is 12.8. The summed E-state index contributed by atoms with van der Waals surface area (Å²) in [6.45, 7) is 11.2. The molecule has 0 aliphatic rings. The van der Waals surface area contributed by atoms with Crippen LogP contribution in [0.25, 0.3) is 0 Å². The Morgan fingerprint density at radius 3 is 2.63 bits per heavy atom. The van der Waals surface area contributed by atoms with Crippen molar-refractivity contribution in [2.24, 2.45) is 0 Å². The van der Waals surface area contributed by atoms with Gasteiger partial charge in [-0.25, -0.2) is 0 Å². The topological polar surface area (TPSA) is 41.5 Å². The minimum absolute atomic E-state index is 0.0525. The lowest BCUT2D eigenvalue weighted by Gasteiger charge is -2.31. The number of likely N-dealkylation sites (N-methyl/N-ethyl adjacent to an activating group) is 1. The van der Waals surface area contributed by atoms with Crippen molar-refractivity contribution in [1.82, 2.24) is 5.32 Å². The fraction of sp³-hybridized carbons (Fsp3) is 0.625. The fourth-order valence-electron chi connectivity index (χ4n) is 2.36. The first-order valence-electron chi connectivity index (χ1n) is 7.00. The Bertz CT molecular complexity index is 406. The van der Waals surface area contributed by atoms with Crippen molar-refractivity contribution in [3.63, 3.8) is 0 Å². The number of aliphatic hydroxyl groups excluding tert-OH is 1. The highest BCUT2D eigenvalue weighted by Gasteiger charge is 2.25. The largest absolute Gasteiger partial charge is 0.490 e. The van der Waals surface area contributed by atoms with E-state index in [0.717, 1.165) is 18.7 Å². The molecule has 1 aromatic rings. The predicted molar refractivity (Wildman–Crippen MR) is 79.8 cm³/mol. The van der Waals surface area contributed by atoms with E-state index >= 15 is 0 Å². The average Bonchev–Trinajstić information content (AvgIpc) is 2.35. The lowest BCUT2D eigenvalue weighted by atomic mass is 9.95. The monoisotopic (exact) mass is 265 g/mol. The molecule has 0 aliphatic heterocycles. The van der Waals surface area contributed by atoms with Gasteiger partial charge in [-0.05, 0) is 51.4 Å². The molecule has 0 aromatic heterocycles. The van der Waals surface area contributed by atoms with E-state index in [1.54, 1.807) is 0 Å². The van der Waals surface area contributed by atoms with Gasteiger partial charge in [0.15, 0.2) is 0 Å². The van der Waals surface area contributed by atoms with E-state index in [-0.39, 0.29) is 18.2 Å². The normalized spacial score (nSPS) is 15.9. The van der Waals surface area contributed by atoms with Gasteiger partial charge >= 0.3 is 0 Å². The van der Waals surface area contributed by atoms with Gasteiger partial charge in [-0.1, -0.05) is 19.1 Å². The summed E-state index contributed by atoms with van der Waals surface area (Å²) >= 11 is 0. The molecule has 1 aromatic carbocycles. The minimum atomic E-state index is -0.286. The summed E-state index contributed by atoms with van der Waals surface area (Å²) in [4.78, 5) is 0. The maximum Gasteiger partial charge on any atom is 0.122 e. The summed E-state index contributed by atoms with van der Waals surface area (Å²) in [5.41, 5.74) is 2.14. The number of aliphatic hydroxyl groups is 1. The third-order valence-electron chi connectivity index (χ3n) is 3.57. The highest BCUT2D eigenvalue weighted by molar-refractivity contribution is 5.38. The Hall–Kier alpha value is -1.06. The molecule has 0 bridgehead atoms. The van der Waals surface area contributed by atoms with Crippen LogP contribution in [0.2, 0.25) is 0 Å². The van der Waals surface area contributed by atoms with Gasteiger partial charge in [0.05, 0.1) is 12.7 Å². The second-order valence-corrected chi connectivity index (χ2v) is 5.58. The second kappa shape index (κ2) is 6.92. The van der Waals surface area contributed by atoms with Crippen molar-refractivity contribution in [2.75, 3.05) is 13.2 Å². The van der Waals surface area contributed by atoms with Crippen LogP contribution in [0, 0.1) is 13.8 Å². The van der Waals surface area contributed by atoms with Crippen molar-refractivity contribution in [3.05, 3.63) is 29.3 Å². The number of rotatable bonds is 7. The smallest absolute Gasteiger partial charge is 0.122 e. The van der Waals surface area contributed by atoms with E-state index in [0.29, 0.717) is 0 Å². The maximum atomic E-state index is 9.51. The third kappa shape index (κ3) is 4.51. The second-order valence-electron chi connectivity index (χ2n) is 5.58. The van der Waals surface area contributed by atoms with Crippen LogP contribution in [-0.2, 0) is 0 Å². The van der Waals surface area contributed by atoms with Gasteiger partial charge in [0.2, 0.25) is 0 Å². The van der Waals surface area contributed by atoms with Gasteiger partial charge in [0.25, 0.3) is 0 Å². The van der Waals surface area contributed by atoms with Gasteiger partial charge in [0, 0.05) is 12.0 Å². The van der Waals surface area contributed by atoms with E-state index in [1.165, 1.54) is 11.1 Å². The first-order chi connectivity index (χ1) is 8.91. The molecule has 0 saturated heterocycles. The number of hydrogen-bond donors (Lipinski definition) is 2. The molecule has 19 heavy (non-hydrogen) atoms. The van der Waals surface area contributed by atoms with Crippen molar-refractivity contribution in [1.29, 1.82) is 0 Å². The summed E-state index contributed by atoms with van der Waals surface area (Å²) in [5.74, 6) is 0.935. The van der Waals surface area contributed by atoms with Gasteiger partial charge in [-0.2, -0.15) is 0 Å². The Morgan fingerprint density at radius 1 is 1.37 bits per heavy atom. The first kappa shape index (κ1) is 16.0. The molecule has 0 heterocycles. The molecule has 0 fully saturated rings. The molecule has 3 heteroatoms. The molecular weight excluding hydrogens is 238 g/mol. The van der Waals surface area contributed by atoms with Gasteiger partial charge in [0.1, 0.15) is 5.75 Å². The molecule has 2 unspecified atom stereocenters. The molecule has 2 N–H and O–H groups in total. The lowest BCUT2D eigenvalue weighted by Crippen LogP contribution is -2.48. The molecule has 0 radical (unpaired) electrons. The molecule has 0 aliphatic carbocycles. The van der Waals surface area contributed by atoms with Crippen molar-refractivity contribution in [2.45, 2.75) is 52.7 Å². The summed E-state index contributed by atoms with van der Waals surface area (Å²) in [6.07, 6.45) is 0.821. The van der Waals surface area contributed by atoms with Crippen LogP contribution >= 0.6 is 0 Å². The van der Waals surface area contributed by atoms with Crippen LogP contribution in [0.4, 0.5) is 0 Å². The van der Waals surface area contributed by atoms with Crippen LogP contribution in [0.15, 0.2) is 18.2 Å². The number of nitrogens with one attached hydrogen (secondary N) is 1. The maximum absolute atomic E-state index is 9.51. The molecule has 0 amide bonds. The van der Waals surface area contributed by atoms with Crippen molar-refractivity contribution >= 4 is 0 Å². The minimum Gasteiger partial charge on any atom is -0.490 e. The van der Waals surface area contributed by atoms with E-state index in [9.17, 15) is 5.11 Å². The molecular formula is C16H27NO2.